The second-order valence-corrected chi connectivity index (χ2v) is 7.61. The SMILES string of the molecule is COc1ccc([C@@H](CNC(=O)Cn2c(=O)oc3ccccc32)N2CCCCC2)cc1. The van der Waals surface area contributed by atoms with Gasteiger partial charge in [0.25, 0.3) is 0 Å². The smallest absolute Gasteiger partial charge is 0.420 e. The van der Waals surface area contributed by atoms with Crippen molar-refractivity contribution in [2.24, 2.45) is 0 Å². The number of aromatic nitrogens is 1. The summed E-state index contributed by atoms with van der Waals surface area (Å²) in [7, 11) is 1.65. The van der Waals surface area contributed by atoms with Crippen LogP contribution in [0.3, 0.4) is 0 Å². The van der Waals surface area contributed by atoms with E-state index >= 15 is 0 Å². The van der Waals surface area contributed by atoms with Crippen LogP contribution in [-0.4, -0.2) is 42.1 Å². The number of benzene rings is 2. The monoisotopic (exact) mass is 409 g/mol. The van der Waals surface area contributed by atoms with Crippen molar-refractivity contribution in [2.75, 3.05) is 26.7 Å². The molecule has 2 heterocycles. The Morgan fingerprint density at radius 3 is 2.57 bits per heavy atom. The van der Waals surface area contributed by atoms with Crippen LogP contribution in [0.5, 0.6) is 5.75 Å². The highest BCUT2D eigenvalue weighted by molar-refractivity contribution is 5.79. The summed E-state index contributed by atoms with van der Waals surface area (Å²) in [5.41, 5.74) is 2.25. The molecule has 7 heteroatoms. The number of amides is 1. The lowest BCUT2D eigenvalue weighted by Crippen LogP contribution is -2.41. The first-order valence-electron chi connectivity index (χ1n) is 10.4. The van der Waals surface area contributed by atoms with Crippen LogP contribution in [0.4, 0.5) is 0 Å². The molecule has 0 unspecified atom stereocenters. The lowest BCUT2D eigenvalue weighted by Gasteiger charge is -2.35. The average molecular weight is 409 g/mol. The van der Waals surface area contributed by atoms with Crippen LogP contribution in [0.25, 0.3) is 11.1 Å². The fourth-order valence-electron chi connectivity index (χ4n) is 4.09. The van der Waals surface area contributed by atoms with E-state index in [1.807, 2.05) is 18.2 Å². The fraction of sp³-hybridized carbons (Fsp3) is 0.391. The number of piperidine rings is 1. The maximum Gasteiger partial charge on any atom is 0.420 e. The summed E-state index contributed by atoms with van der Waals surface area (Å²) in [6, 6.07) is 15.2. The number of nitrogens with one attached hydrogen (secondary N) is 1. The third-order valence-electron chi connectivity index (χ3n) is 5.70. The molecule has 1 fully saturated rings. The highest BCUT2D eigenvalue weighted by Gasteiger charge is 2.23. The number of nitrogens with zero attached hydrogens (tertiary/aromatic N) is 2. The van der Waals surface area contributed by atoms with Crippen LogP contribution < -0.4 is 15.8 Å². The number of para-hydroxylation sites is 2. The molecule has 0 bridgehead atoms. The van der Waals surface area contributed by atoms with Gasteiger partial charge in [0, 0.05) is 6.54 Å². The van der Waals surface area contributed by atoms with Gasteiger partial charge in [0.05, 0.1) is 18.7 Å². The molecule has 1 amide bonds. The van der Waals surface area contributed by atoms with Gasteiger partial charge in [-0.3, -0.25) is 14.3 Å². The third kappa shape index (κ3) is 4.41. The van der Waals surface area contributed by atoms with E-state index in [1.54, 1.807) is 25.3 Å². The van der Waals surface area contributed by atoms with E-state index in [9.17, 15) is 9.59 Å². The largest absolute Gasteiger partial charge is 0.497 e. The molecule has 0 radical (unpaired) electrons. The molecule has 1 atom stereocenters. The molecule has 1 N–H and O–H groups in total. The molecular weight excluding hydrogens is 382 g/mol. The predicted octanol–water partition coefficient (Wildman–Crippen LogP) is 2.95. The van der Waals surface area contributed by atoms with E-state index in [1.165, 1.54) is 11.0 Å². The molecule has 3 aromatic rings. The Morgan fingerprint density at radius 1 is 1.10 bits per heavy atom. The van der Waals surface area contributed by atoms with Crippen molar-refractivity contribution < 1.29 is 13.9 Å². The molecule has 1 aliphatic rings. The Kier molecular flexibility index (Phi) is 6.18. The third-order valence-corrected chi connectivity index (χ3v) is 5.70. The number of rotatable bonds is 7. The molecule has 1 saturated heterocycles. The summed E-state index contributed by atoms with van der Waals surface area (Å²) in [5, 5.41) is 3.02. The molecule has 0 saturated carbocycles. The Bertz CT molecular complexity index is 1050. The second kappa shape index (κ2) is 9.17. The first kappa shape index (κ1) is 20.2. The second-order valence-electron chi connectivity index (χ2n) is 7.61. The molecular formula is C23H27N3O4. The number of fused-ring (bicyclic) bond motifs is 1. The quantitative estimate of drug-likeness (QED) is 0.649. The number of carbonyl (C=O) groups is 1. The molecule has 1 aliphatic heterocycles. The summed E-state index contributed by atoms with van der Waals surface area (Å²) in [6.45, 7) is 2.44. The van der Waals surface area contributed by atoms with Crippen molar-refractivity contribution in [1.82, 2.24) is 14.8 Å². The number of carbonyl (C=O) groups excluding carboxylic acids is 1. The van der Waals surface area contributed by atoms with E-state index in [2.05, 4.69) is 22.3 Å². The summed E-state index contributed by atoms with van der Waals surface area (Å²) >= 11 is 0. The average Bonchev–Trinajstić information content (AvgIpc) is 3.10. The molecule has 0 spiro atoms. The van der Waals surface area contributed by atoms with E-state index in [0.717, 1.165) is 37.2 Å². The van der Waals surface area contributed by atoms with Gasteiger partial charge in [-0.2, -0.15) is 0 Å². The number of methoxy groups -OCH3 is 1. The Balaban J connectivity index is 1.47. The summed E-state index contributed by atoms with van der Waals surface area (Å²) in [6.07, 6.45) is 3.57. The zero-order valence-corrected chi connectivity index (χ0v) is 17.2. The Labute approximate surface area is 175 Å². The van der Waals surface area contributed by atoms with Crippen LogP contribution >= 0.6 is 0 Å². The first-order chi connectivity index (χ1) is 14.7. The maximum atomic E-state index is 12.7. The van der Waals surface area contributed by atoms with Gasteiger partial charge in [-0.05, 0) is 55.8 Å². The molecule has 158 valence electrons. The van der Waals surface area contributed by atoms with Gasteiger partial charge in [-0.25, -0.2) is 4.79 Å². The summed E-state index contributed by atoms with van der Waals surface area (Å²) in [5.74, 6) is 0.0830. The Hall–Kier alpha value is -3.06. The lowest BCUT2D eigenvalue weighted by atomic mass is 10.0. The van der Waals surface area contributed by atoms with Crippen molar-refractivity contribution in [1.29, 1.82) is 0 Å². The fourth-order valence-corrected chi connectivity index (χ4v) is 4.09. The van der Waals surface area contributed by atoms with Crippen LogP contribution in [0.1, 0.15) is 30.9 Å². The Morgan fingerprint density at radius 2 is 1.83 bits per heavy atom. The van der Waals surface area contributed by atoms with Crippen LogP contribution in [0.15, 0.2) is 57.7 Å². The van der Waals surface area contributed by atoms with Crippen LogP contribution in [-0.2, 0) is 11.3 Å². The minimum atomic E-state index is -0.519. The topological polar surface area (TPSA) is 76.7 Å². The number of ether oxygens (including phenoxy) is 1. The number of hydrogen-bond acceptors (Lipinski definition) is 5. The molecule has 4 rings (SSSR count). The maximum absolute atomic E-state index is 12.7. The van der Waals surface area contributed by atoms with E-state index in [-0.39, 0.29) is 18.5 Å². The van der Waals surface area contributed by atoms with E-state index in [4.69, 9.17) is 9.15 Å². The first-order valence-corrected chi connectivity index (χ1v) is 10.4. The van der Waals surface area contributed by atoms with Crippen LogP contribution in [0.2, 0.25) is 0 Å². The van der Waals surface area contributed by atoms with Gasteiger partial charge in [0.15, 0.2) is 5.58 Å². The van der Waals surface area contributed by atoms with Crippen molar-refractivity contribution >= 4 is 17.0 Å². The molecule has 7 nitrogen and oxygen atoms in total. The van der Waals surface area contributed by atoms with Gasteiger partial charge in [-0.15, -0.1) is 0 Å². The van der Waals surface area contributed by atoms with Gasteiger partial charge < -0.3 is 14.5 Å². The van der Waals surface area contributed by atoms with Gasteiger partial charge in [0.2, 0.25) is 5.91 Å². The van der Waals surface area contributed by atoms with Gasteiger partial charge >= 0.3 is 5.76 Å². The zero-order chi connectivity index (χ0) is 20.9. The number of likely N-dealkylation sites (tertiary alicyclic amines) is 1. The van der Waals surface area contributed by atoms with Crippen molar-refractivity contribution in [3.8, 4) is 5.75 Å². The minimum Gasteiger partial charge on any atom is -0.497 e. The lowest BCUT2D eigenvalue weighted by molar-refractivity contribution is -0.122. The van der Waals surface area contributed by atoms with Crippen molar-refractivity contribution in [3.05, 3.63) is 64.6 Å². The van der Waals surface area contributed by atoms with Gasteiger partial charge in [-0.1, -0.05) is 30.7 Å². The van der Waals surface area contributed by atoms with Crippen LogP contribution in [0, 0.1) is 0 Å². The standard InChI is InChI=1S/C23H27N3O4/c1-29-18-11-9-17(10-12-18)20(25-13-5-2-6-14-25)15-24-22(27)16-26-19-7-3-4-8-21(19)30-23(26)28/h3-4,7-12,20H,2,5-6,13-16H2,1H3,(H,24,27)/t20-/m1/s1. The van der Waals surface area contributed by atoms with Crippen molar-refractivity contribution in [2.45, 2.75) is 31.8 Å². The zero-order valence-electron chi connectivity index (χ0n) is 17.2. The van der Waals surface area contributed by atoms with E-state index < -0.39 is 5.76 Å². The number of oxazole rings is 1. The summed E-state index contributed by atoms with van der Waals surface area (Å²) in [4.78, 5) is 27.2. The van der Waals surface area contributed by atoms with Crippen molar-refractivity contribution in [3.63, 3.8) is 0 Å². The molecule has 30 heavy (non-hydrogen) atoms. The minimum absolute atomic E-state index is 0.0643. The highest BCUT2D eigenvalue weighted by atomic mass is 16.5. The highest BCUT2D eigenvalue weighted by Crippen LogP contribution is 2.26. The molecule has 2 aromatic carbocycles. The number of hydrogen-bond donors (Lipinski definition) is 1. The molecule has 0 aliphatic carbocycles. The summed E-state index contributed by atoms with van der Waals surface area (Å²) < 4.78 is 11.9. The predicted molar refractivity (Wildman–Crippen MR) is 115 cm³/mol. The molecule has 1 aromatic heterocycles. The van der Waals surface area contributed by atoms with E-state index in [0.29, 0.717) is 17.6 Å². The normalized spacial score (nSPS) is 15.8. The van der Waals surface area contributed by atoms with Gasteiger partial charge in [0.1, 0.15) is 12.3 Å².